The molecule has 1 unspecified atom stereocenters. The van der Waals surface area contributed by atoms with Gasteiger partial charge < -0.3 is 10.5 Å². The molecule has 0 aliphatic heterocycles. The van der Waals surface area contributed by atoms with Gasteiger partial charge in [-0.3, -0.25) is 0 Å². The summed E-state index contributed by atoms with van der Waals surface area (Å²) in [6.45, 7) is 6.88. The Bertz CT molecular complexity index is 560. The van der Waals surface area contributed by atoms with E-state index < -0.39 is 0 Å². The Morgan fingerprint density at radius 3 is 2.20 bits per heavy atom. The van der Waals surface area contributed by atoms with Crippen molar-refractivity contribution in [2.45, 2.75) is 33.3 Å². The molecular weight excluding hydrogens is 246 g/mol. The van der Waals surface area contributed by atoms with E-state index in [0.717, 1.165) is 12.2 Å². The number of rotatable bonds is 5. The summed E-state index contributed by atoms with van der Waals surface area (Å²) in [5, 5.41) is 0. The van der Waals surface area contributed by atoms with Gasteiger partial charge in [0.05, 0.1) is 0 Å². The van der Waals surface area contributed by atoms with Crippen LogP contribution in [-0.4, -0.2) is 6.54 Å². The number of ether oxygens (including phenoxy) is 1. The van der Waals surface area contributed by atoms with E-state index in [4.69, 9.17) is 10.5 Å². The maximum atomic E-state index is 6.19. The molecule has 2 aromatic rings. The molecule has 2 aromatic carbocycles. The highest BCUT2D eigenvalue weighted by Crippen LogP contribution is 2.27. The fraction of sp³-hybridized carbons (Fsp3) is 0.333. The molecule has 0 aromatic heterocycles. The van der Waals surface area contributed by atoms with Gasteiger partial charge in [0.15, 0.2) is 0 Å². The molecule has 0 spiro atoms. The van der Waals surface area contributed by atoms with Gasteiger partial charge in [-0.25, -0.2) is 0 Å². The van der Waals surface area contributed by atoms with Gasteiger partial charge in [0, 0.05) is 6.42 Å². The van der Waals surface area contributed by atoms with Crippen molar-refractivity contribution in [3.63, 3.8) is 0 Å². The zero-order chi connectivity index (χ0) is 14.5. The topological polar surface area (TPSA) is 35.2 Å². The second kappa shape index (κ2) is 6.58. The molecule has 0 bridgehead atoms. The molecule has 1 atom stereocenters. The molecule has 0 radical (unpaired) electrons. The van der Waals surface area contributed by atoms with Crippen LogP contribution in [0.3, 0.4) is 0 Å². The van der Waals surface area contributed by atoms with E-state index in [9.17, 15) is 0 Å². The van der Waals surface area contributed by atoms with Crippen molar-refractivity contribution >= 4 is 0 Å². The van der Waals surface area contributed by atoms with Crippen LogP contribution in [0.1, 0.15) is 34.8 Å². The minimum absolute atomic E-state index is 0.0157. The van der Waals surface area contributed by atoms with Crippen molar-refractivity contribution in [3.8, 4) is 5.75 Å². The standard InChI is InChI=1S/C18H23NO/c1-13-4-7-16(8-5-13)18(10-11-19)20-17-9-6-14(2)12-15(17)3/h4-9,12,18H,10-11,19H2,1-3H3. The maximum Gasteiger partial charge on any atom is 0.125 e. The van der Waals surface area contributed by atoms with Gasteiger partial charge in [-0.05, 0) is 44.5 Å². The molecule has 2 rings (SSSR count). The summed E-state index contributed by atoms with van der Waals surface area (Å²) in [5.41, 5.74) is 10.6. The molecule has 0 saturated heterocycles. The summed E-state index contributed by atoms with van der Waals surface area (Å²) >= 11 is 0. The summed E-state index contributed by atoms with van der Waals surface area (Å²) in [5.74, 6) is 0.939. The summed E-state index contributed by atoms with van der Waals surface area (Å²) in [6, 6.07) is 14.7. The lowest BCUT2D eigenvalue weighted by Crippen LogP contribution is -2.13. The van der Waals surface area contributed by atoms with Gasteiger partial charge in [0.25, 0.3) is 0 Å². The van der Waals surface area contributed by atoms with Gasteiger partial charge in [-0.2, -0.15) is 0 Å². The van der Waals surface area contributed by atoms with E-state index in [1.807, 2.05) is 6.07 Å². The molecule has 2 heteroatoms. The first-order chi connectivity index (χ1) is 9.60. The summed E-state index contributed by atoms with van der Waals surface area (Å²) in [6.07, 6.45) is 0.832. The largest absolute Gasteiger partial charge is 0.485 e. The fourth-order valence-corrected chi connectivity index (χ4v) is 2.31. The predicted octanol–water partition coefficient (Wildman–Crippen LogP) is 4.08. The van der Waals surface area contributed by atoms with Crippen molar-refractivity contribution in [1.82, 2.24) is 0 Å². The van der Waals surface area contributed by atoms with Crippen LogP contribution < -0.4 is 10.5 Å². The lowest BCUT2D eigenvalue weighted by molar-refractivity contribution is 0.196. The fourth-order valence-electron chi connectivity index (χ4n) is 2.31. The minimum Gasteiger partial charge on any atom is -0.485 e. The zero-order valence-electron chi connectivity index (χ0n) is 12.5. The maximum absolute atomic E-state index is 6.19. The lowest BCUT2D eigenvalue weighted by atomic mass is 10.0. The molecule has 2 N–H and O–H groups in total. The van der Waals surface area contributed by atoms with E-state index in [0.29, 0.717) is 6.54 Å². The van der Waals surface area contributed by atoms with Gasteiger partial charge >= 0.3 is 0 Å². The normalized spacial score (nSPS) is 12.2. The summed E-state index contributed by atoms with van der Waals surface area (Å²) < 4.78 is 6.19. The van der Waals surface area contributed by atoms with Gasteiger partial charge in [-0.1, -0.05) is 47.5 Å². The Hall–Kier alpha value is -1.80. The van der Waals surface area contributed by atoms with E-state index in [2.05, 4.69) is 57.2 Å². The van der Waals surface area contributed by atoms with Crippen LogP contribution in [0.4, 0.5) is 0 Å². The summed E-state index contributed by atoms with van der Waals surface area (Å²) in [4.78, 5) is 0. The van der Waals surface area contributed by atoms with Crippen molar-refractivity contribution in [1.29, 1.82) is 0 Å². The van der Waals surface area contributed by atoms with Gasteiger partial charge in [0.2, 0.25) is 0 Å². The number of benzene rings is 2. The Morgan fingerprint density at radius 2 is 1.60 bits per heavy atom. The molecule has 20 heavy (non-hydrogen) atoms. The Kier molecular flexibility index (Phi) is 4.80. The van der Waals surface area contributed by atoms with Crippen LogP contribution >= 0.6 is 0 Å². The average molecular weight is 269 g/mol. The first kappa shape index (κ1) is 14.6. The van der Waals surface area contributed by atoms with Crippen LogP contribution in [-0.2, 0) is 0 Å². The van der Waals surface area contributed by atoms with Crippen LogP contribution in [0.15, 0.2) is 42.5 Å². The summed E-state index contributed by atoms with van der Waals surface area (Å²) in [7, 11) is 0. The molecule has 0 aliphatic rings. The van der Waals surface area contributed by atoms with Crippen LogP contribution in [0, 0.1) is 20.8 Å². The van der Waals surface area contributed by atoms with Crippen molar-refractivity contribution in [2.75, 3.05) is 6.54 Å². The van der Waals surface area contributed by atoms with Crippen molar-refractivity contribution in [3.05, 3.63) is 64.7 Å². The van der Waals surface area contributed by atoms with Crippen molar-refractivity contribution < 1.29 is 4.74 Å². The van der Waals surface area contributed by atoms with E-state index >= 15 is 0 Å². The highest BCUT2D eigenvalue weighted by atomic mass is 16.5. The number of aryl methyl sites for hydroxylation is 3. The molecule has 0 fully saturated rings. The second-order valence-corrected chi connectivity index (χ2v) is 5.36. The molecule has 0 saturated carbocycles. The Balaban J connectivity index is 2.22. The first-order valence-electron chi connectivity index (χ1n) is 7.10. The molecule has 106 valence electrons. The molecular formula is C18H23NO. The molecule has 2 nitrogen and oxygen atoms in total. The highest BCUT2D eigenvalue weighted by Gasteiger charge is 2.13. The lowest BCUT2D eigenvalue weighted by Gasteiger charge is -2.20. The van der Waals surface area contributed by atoms with E-state index in [1.54, 1.807) is 0 Å². The zero-order valence-corrected chi connectivity index (χ0v) is 12.5. The molecule has 0 aliphatic carbocycles. The van der Waals surface area contributed by atoms with Crippen LogP contribution in [0.25, 0.3) is 0 Å². The van der Waals surface area contributed by atoms with Gasteiger partial charge in [-0.15, -0.1) is 0 Å². The average Bonchev–Trinajstić information content (AvgIpc) is 2.42. The quantitative estimate of drug-likeness (QED) is 0.887. The monoisotopic (exact) mass is 269 g/mol. The number of hydrogen-bond acceptors (Lipinski definition) is 2. The first-order valence-corrected chi connectivity index (χ1v) is 7.10. The van der Waals surface area contributed by atoms with Gasteiger partial charge in [0.1, 0.15) is 11.9 Å². The van der Waals surface area contributed by atoms with E-state index in [-0.39, 0.29) is 6.10 Å². The van der Waals surface area contributed by atoms with Crippen LogP contribution in [0.5, 0.6) is 5.75 Å². The number of hydrogen-bond donors (Lipinski definition) is 1. The van der Waals surface area contributed by atoms with Crippen molar-refractivity contribution in [2.24, 2.45) is 5.73 Å². The highest BCUT2D eigenvalue weighted by molar-refractivity contribution is 5.36. The van der Waals surface area contributed by atoms with E-state index in [1.165, 1.54) is 22.3 Å². The molecule has 0 amide bonds. The third kappa shape index (κ3) is 3.61. The van der Waals surface area contributed by atoms with Crippen LogP contribution in [0.2, 0.25) is 0 Å². The third-order valence-corrected chi connectivity index (χ3v) is 3.48. The molecule has 0 heterocycles. The SMILES string of the molecule is Cc1ccc(C(CCN)Oc2ccc(C)cc2C)cc1. The predicted molar refractivity (Wildman–Crippen MR) is 84.1 cm³/mol. The minimum atomic E-state index is 0.0157. The third-order valence-electron chi connectivity index (χ3n) is 3.48. The Labute approximate surface area is 121 Å². The Morgan fingerprint density at radius 1 is 0.950 bits per heavy atom. The number of nitrogens with two attached hydrogens (primary N) is 1. The second-order valence-electron chi connectivity index (χ2n) is 5.36. The smallest absolute Gasteiger partial charge is 0.125 e.